The van der Waals surface area contributed by atoms with Gasteiger partial charge in [-0.15, -0.1) is 11.6 Å². The first-order valence-corrected chi connectivity index (χ1v) is 4.71. The van der Waals surface area contributed by atoms with E-state index < -0.39 is 11.6 Å². The smallest absolute Gasteiger partial charge is 0.173 e. The van der Waals surface area contributed by atoms with E-state index in [0.717, 1.165) is 12.1 Å². The summed E-state index contributed by atoms with van der Waals surface area (Å²) >= 11 is 5.50. The zero-order valence-electron chi connectivity index (χ0n) is 7.51. The van der Waals surface area contributed by atoms with E-state index in [0.29, 0.717) is 5.69 Å². The molecular formula is C10H6ClF2NO. The van der Waals surface area contributed by atoms with E-state index in [1.54, 1.807) is 0 Å². The summed E-state index contributed by atoms with van der Waals surface area (Å²) in [5, 5.41) is 3.55. The Hall–Kier alpha value is -1.42. The molecule has 5 heteroatoms. The van der Waals surface area contributed by atoms with Crippen molar-refractivity contribution in [2.24, 2.45) is 0 Å². The van der Waals surface area contributed by atoms with Crippen LogP contribution in [0, 0.1) is 11.6 Å². The number of nitrogens with zero attached hydrogens (tertiary/aromatic N) is 1. The summed E-state index contributed by atoms with van der Waals surface area (Å²) in [4.78, 5) is 0. The Morgan fingerprint density at radius 1 is 1.27 bits per heavy atom. The number of alkyl halides is 1. The Balaban J connectivity index is 2.53. The lowest BCUT2D eigenvalue weighted by molar-refractivity contribution is 0.421. The fourth-order valence-electron chi connectivity index (χ4n) is 1.23. The van der Waals surface area contributed by atoms with Gasteiger partial charge in [-0.1, -0.05) is 11.2 Å². The molecule has 0 spiro atoms. The normalized spacial score (nSPS) is 10.6. The predicted octanol–water partition coefficient (Wildman–Crippen LogP) is 3.36. The van der Waals surface area contributed by atoms with Crippen LogP contribution in [0.3, 0.4) is 0 Å². The fourth-order valence-corrected chi connectivity index (χ4v) is 1.35. The van der Waals surface area contributed by atoms with Gasteiger partial charge < -0.3 is 4.52 Å². The standard InChI is InChI=1S/C10H6ClF2NO/c11-5-6-4-9(15-14-6)10-7(12)2-1-3-8(10)13/h1-4H,5H2. The third kappa shape index (κ3) is 1.85. The summed E-state index contributed by atoms with van der Waals surface area (Å²) in [7, 11) is 0. The molecule has 15 heavy (non-hydrogen) atoms. The molecule has 0 bridgehead atoms. The number of benzene rings is 1. The molecule has 0 N–H and O–H groups in total. The summed E-state index contributed by atoms with van der Waals surface area (Å²) in [5.41, 5.74) is 0.218. The van der Waals surface area contributed by atoms with E-state index in [-0.39, 0.29) is 17.2 Å². The molecule has 0 atom stereocenters. The van der Waals surface area contributed by atoms with Crippen molar-refractivity contribution < 1.29 is 13.3 Å². The van der Waals surface area contributed by atoms with Gasteiger partial charge in [0.2, 0.25) is 0 Å². The highest BCUT2D eigenvalue weighted by atomic mass is 35.5. The van der Waals surface area contributed by atoms with Crippen molar-refractivity contribution in [1.29, 1.82) is 0 Å². The Labute approximate surface area is 89.5 Å². The van der Waals surface area contributed by atoms with E-state index in [1.807, 2.05) is 0 Å². The topological polar surface area (TPSA) is 26.0 Å². The van der Waals surface area contributed by atoms with Crippen LogP contribution in [0.2, 0.25) is 0 Å². The van der Waals surface area contributed by atoms with Gasteiger partial charge in [0.1, 0.15) is 11.6 Å². The van der Waals surface area contributed by atoms with Crippen LogP contribution in [-0.2, 0) is 5.88 Å². The number of halogens is 3. The second-order valence-corrected chi connectivity index (χ2v) is 3.18. The summed E-state index contributed by atoms with van der Waals surface area (Å²) in [6.07, 6.45) is 0. The molecule has 0 unspecified atom stereocenters. The van der Waals surface area contributed by atoms with Gasteiger partial charge in [0.05, 0.1) is 17.1 Å². The lowest BCUT2D eigenvalue weighted by Gasteiger charge is -1.98. The van der Waals surface area contributed by atoms with Crippen LogP contribution in [0.5, 0.6) is 0 Å². The number of aromatic nitrogens is 1. The molecule has 2 nitrogen and oxygen atoms in total. The predicted molar refractivity (Wildman–Crippen MR) is 51.4 cm³/mol. The highest BCUT2D eigenvalue weighted by Crippen LogP contribution is 2.26. The first kappa shape index (κ1) is 10.1. The Morgan fingerprint density at radius 2 is 1.93 bits per heavy atom. The lowest BCUT2D eigenvalue weighted by atomic mass is 10.1. The molecule has 0 aliphatic rings. The summed E-state index contributed by atoms with van der Waals surface area (Å²) in [6.45, 7) is 0. The minimum atomic E-state index is -0.688. The van der Waals surface area contributed by atoms with E-state index in [9.17, 15) is 8.78 Å². The highest BCUT2D eigenvalue weighted by molar-refractivity contribution is 6.16. The number of rotatable bonds is 2. The highest BCUT2D eigenvalue weighted by Gasteiger charge is 2.15. The van der Waals surface area contributed by atoms with Crippen molar-refractivity contribution in [3.05, 3.63) is 41.6 Å². The molecule has 1 aromatic carbocycles. The monoisotopic (exact) mass is 229 g/mol. The van der Waals surface area contributed by atoms with E-state index >= 15 is 0 Å². The van der Waals surface area contributed by atoms with Gasteiger partial charge >= 0.3 is 0 Å². The Bertz CT molecular complexity index is 464. The van der Waals surface area contributed by atoms with Crippen LogP contribution < -0.4 is 0 Å². The molecule has 0 fully saturated rings. The Morgan fingerprint density at radius 3 is 2.47 bits per heavy atom. The van der Waals surface area contributed by atoms with Crippen molar-refractivity contribution >= 4 is 11.6 Å². The third-order valence-electron chi connectivity index (χ3n) is 1.91. The van der Waals surface area contributed by atoms with Gasteiger partial charge in [-0.2, -0.15) is 0 Å². The van der Waals surface area contributed by atoms with Gasteiger partial charge in [-0.05, 0) is 12.1 Å². The molecule has 1 aromatic heterocycles. The maximum atomic E-state index is 13.3. The first-order chi connectivity index (χ1) is 7.22. The minimum absolute atomic E-state index is 0.0428. The molecule has 78 valence electrons. The van der Waals surface area contributed by atoms with Crippen LogP contribution in [0.4, 0.5) is 8.78 Å². The fraction of sp³-hybridized carbons (Fsp3) is 0.100. The molecule has 0 saturated heterocycles. The van der Waals surface area contributed by atoms with Crippen molar-refractivity contribution in [3.63, 3.8) is 0 Å². The molecule has 0 aliphatic carbocycles. The van der Waals surface area contributed by atoms with Crippen LogP contribution in [0.1, 0.15) is 5.69 Å². The molecule has 2 aromatic rings. The van der Waals surface area contributed by atoms with Gasteiger partial charge in [0, 0.05) is 6.07 Å². The average Bonchev–Trinajstić information content (AvgIpc) is 2.66. The first-order valence-electron chi connectivity index (χ1n) is 4.18. The molecule has 0 radical (unpaired) electrons. The van der Waals surface area contributed by atoms with Crippen LogP contribution >= 0.6 is 11.6 Å². The third-order valence-corrected chi connectivity index (χ3v) is 2.18. The Kier molecular flexibility index (Phi) is 2.68. The van der Waals surface area contributed by atoms with Gasteiger partial charge in [-0.3, -0.25) is 0 Å². The van der Waals surface area contributed by atoms with E-state index in [4.69, 9.17) is 16.1 Å². The van der Waals surface area contributed by atoms with Crippen molar-refractivity contribution in [3.8, 4) is 11.3 Å². The van der Waals surface area contributed by atoms with E-state index in [1.165, 1.54) is 12.1 Å². The summed E-state index contributed by atoms with van der Waals surface area (Å²) < 4.78 is 31.4. The van der Waals surface area contributed by atoms with Crippen molar-refractivity contribution in [2.45, 2.75) is 5.88 Å². The number of hydrogen-bond acceptors (Lipinski definition) is 2. The molecule has 0 saturated carbocycles. The van der Waals surface area contributed by atoms with E-state index in [2.05, 4.69) is 5.16 Å². The molecule has 0 amide bonds. The van der Waals surface area contributed by atoms with Crippen LogP contribution in [-0.4, -0.2) is 5.16 Å². The SMILES string of the molecule is Fc1cccc(F)c1-c1cc(CCl)no1. The summed E-state index contributed by atoms with van der Waals surface area (Å²) in [6, 6.07) is 5.00. The zero-order valence-corrected chi connectivity index (χ0v) is 8.26. The lowest BCUT2D eigenvalue weighted by Crippen LogP contribution is -1.87. The van der Waals surface area contributed by atoms with Crippen LogP contribution in [0.25, 0.3) is 11.3 Å². The average molecular weight is 230 g/mol. The number of hydrogen-bond donors (Lipinski definition) is 0. The molecule has 2 rings (SSSR count). The maximum absolute atomic E-state index is 13.3. The van der Waals surface area contributed by atoms with Crippen molar-refractivity contribution in [2.75, 3.05) is 0 Å². The molecular weight excluding hydrogens is 224 g/mol. The summed E-state index contributed by atoms with van der Waals surface area (Å²) in [5.74, 6) is -1.19. The second kappa shape index (κ2) is 3.98. The van der Waals surface area contributed by atoms with Crippen LogP contribution in [0.15, 0.2) is 28.8 Å². The van der Waals surface area contributed by atoms with Gasteiger partial charge in [-0.25, -0.2) is 8.78 Å². The quantitative estimate of drug-likeness (QED) is 0.738. The largest absolute Gasteiger partial charge is 0.356 e. The zero-order chi connectivity index (χ0) is 10.8. The minimum Gasteiger partial charge on any atom is -0.356 e. The maximum Gasteiger partial charge on any atom is 0.173 e. The van der Waals surface area contributed by atoms with Gasteiger partial charge in [0.15, 0.2) is 5.76 Å². The second-order valence-electron chi connectivity index (χ2n) is 2.91. The van der Waals surface area contributed by atoms with Gasteiger partial charge in [0.25, 0.3) is 0 Å². The molecule has 1 heterocycles. The van der Waals surface area contributed by atoms with Crippen molar-refractivity contribution in [1.82, 2.24) is 5.16 Å². The molecule has 0 aliphatic heterocycles.